The Morgan fingerprint density at radius 3 is 2.25 bits per heavy atom. The molecule has 0 aromatic carbocycles. The van der Waals surface area contributed by atoms with Crippen molar-refractivity contribution in [3.8, 4) is 0 Å². The van der Waals surface area contributed by atoms with E-state index >= 15 is 0 Å². The minimum atomic E-state index is 0.0577. The van der Waals surface area contributed by atoms with Gasteiger partial charge in [-0.2, -0.15) is 0 Å². The lowest BCUT2D eigenvalue weighted by Crippen LogP contribution is -2.30. The Bertz CT molecular complexity index is 81.7. The van der Waals surface area contributed by atoms with Gasteiger partial charge in [0.25, 0.3) is 0 Å². The van der Waals surface area contributed by atoms with E-state index < -0.39 is 0 Å². The molecule has 48 valence electrons. The fourth-order valence-corrected chi connectivity index (χ4v) is 0.193. The molecular formula is C3H11N5. The van der Waals surface area contributed by atoms with Crippen molar-refractivity contribution >= 4 is 5.96 Å². The molecule has 5 heteroatoms. The van der Waals surface area contributed by atoms with E-state index in [-0.39, 0.29) is 5.96 Å². The molecule has 0 unspecified atom stereocenters. The summed E-state index contributed by atoms with van der Waals surface area (Å²) in [6, 6.07) is 0. The van der Waals surface area contributed by atoms with Gasteiger partial charge in [-0.25, -0.2) is 10.0 Å². The normalized spacial score (nSPS) is 9.38. The Balaban J connectivity index is 3.29. The Kier molecular flexibility index (Phi) is 2.90. The molecule has 0 amide bonds. The van der Waals surface area contributed by atoms with E-state index in [4.69, 9.17) is 17.3 Å². The van der Waals surface area contributed by atoms with Gasteiger partial charge in [0, 0.05) is 7.05 Å². The first kappa shape index (κ1) is 7.19. The van der Waals surface area contributed by atoms with E-state index in [1.165, 1.54) is 5.01 Å². The minimum Gasteiger partial charge on any atom is -0.370 e. The summed E-state index contributed by atoms with van der Waals surface area (Å²) in [5.41, 5.74) is 9.97. The van der Waals surface area contributed by atoms with Crippen molar-refractivity contribution in [1.29, 1.82) is 0 Å². The molecule has 0 aromatic rings. The molecule has 0 atom stereocenters. The summed E-state index contributed by atoms with van der Waals surface area (Å²) in [5, 5.41) is 1.37. The molecule has 0 radical (unpaired) electrons. The van der Waals surface area contributed by atoms with Crippen LogP contribution >= 0.6 is 0 Å². The van der Waals surface area contributed by atoms with E-state index in [1.54, 1.807) is 7.05 Å². The van der Waals surface area contributed by atoms with Crippen molar-refractivity contribution in [3.63, 3.8) is 0 Å². The first-order valence-electron chi connectivity index (χ1n) is 2.14. The van der Waals surface area contributed by atoms with Crippen LogP contribution in [0.3, 0.4) is 0 Å². The molecule has 0 saturated carbocycles. The lowest BCUT2D eigenvalue weighted by Gasteiger charge is -2.02. The highest BCUT2D eigenvalue weighted by molar-refractivity contribution is 5.75. The average Bonchev–Trinajstić information content (AvgIpc) is 1.61. The largest absolute Gasteiger partial charge is 0.370 e. The number of hydrogen-bond acceptors (Lipinski definition) is 3. The second kappa shape index (κ2) is 3.23. The van der Waals surface area contributed by atoms with Gasteiger partial charge in [-0.3, -0.25) is 5.84 Å². The van der Waals surface area contributed by atoms with Crippen LogP contribution in [0.1, 0.15) is 0 Å². The SMILES string of the molecule is CN(N)CN=C(N)N. The summed E-state index contributed by atoms with van der Waals surface area (Å²) >= 11 is 0. The summed E-state index contributed by atoms with van der Waals surface area (Å²) in [6.45, 7) is 0.336. The number of hydrogen-bond donors (Lipinski definition) is 3. The molecule has 0 aliphatic rings. The van der Waals surface area contributed by atoms with Crippen LogP contribution in [0.5, 0.6) is 0 Å². The van der Waals surface area contributed by atoms with Crippen LogP contribution in [0, 0.1) is 0 Å². The van der Waals surface area contributed by atoms with Crippen molar-refractivity contribution < 1.29 is 0 Å². The summed E-state index contributed by atoms with van der Waals surface area (Å²) in [5.74, 6) is 5.21. The highest BCUT2D eigenvalue weighted by Gasteiger charge is 1.82. The third-order valence-electron chi connectivity index (χ3n) is 0.476. The molecular weight excluding hydrogens is 106 g/mol. The number of aliphatic imine (C=N–C) groups is 1. The maximum Gasteiger partial charge on any atom is 0.187 e. The quantitative estimate of drug-likeness (QED) is 0.169. The highest BCUT2D eigenvalue weighted by Crippen LogP contribution is 1.67. The van der Waals surface area contributed by atoms with Crippen LogP contribution in [0.4, 0.5) is 0 Å². The van der Waals surface area contributed by atoms with Gasteiger partial charge in [-0.05, 0) is 0 Å². The lowest BCUT2D eigenvalue weighted by atomic mass is 10.9. The van der Waals surface area contributed by atoms with Gasteiger partial charge >= 0.3 is 0 Å². The number of guanidine groups is 1. The van der Waals surface area contributed by atoms with Crippen LogP contribution in [-0.4, -0.2) is 24.7 Å². The average molecular weight is 117 g/mol. The maximum absolute atomic E-state index is 5.16. The van der Waals surface area contributed by atoms with Crippen LogP contribution < -0.4 is 17.3 Å². The monoisotopic (exact) mass is 117 g/mol. The minimum absolute atomic E-state index is 0.0577. The molecule has 0 rings (SSSR count). The van der Waals surface area contributed by atoms with Gasteiger partial charge in [-0.15, -0.1) is 0 Å². The Hall–Kier alpha value is -0.810. The van der Waals surface area contributed by atoms with E-state index in [0.29, 0.717) is 6.67 Å². The first-order valence-corrected chi connectivity index (χ1v) is 2.14. The predicted octanol–water partition coefficient (Wildman–Crippen LogP) is -1.98. The molecule has 0 spiro atoms. The zero-order valence-corrected chi connectivity index (χ0v) is 4.83. The van der Waals surface area contributed by atoms with E-state index in [1.807, 2.05) is 0 Å². The zero-order valence-electron chi connectivity index (χ0n) is 4.83. The van der Waals surface area contributed by atoms with Gasteiger partial charge < -0.3 is 11.5 Å². The van der Waals surface area contributed by atoms with E-state index in [0.717, 1.165) is 0 Å². The van der Waals surface area contributed by atoms with Crippen LogP contribution in [0.25, 0.3) is 0 Å². The van der Waals surface area contributed by atoms with Gasteiger partial charge in [-0.1, -0.05) is 0 Å². The van der Waals surface area contributed by atoms with Gasteiger partial charge in [0.1, 0.15) is 6.67 Å². The first-order chi connectivity index (χ1) is 3.63. The zero-order chi connectivity index (χ0) is 6.57. The number of nitrogens with zero attached hydrogens (tertiary/aromatic N) is 2. The fraction of sp³-hybridized carbons (Fsp3) is 0.667. The van der Waals surface area contributed by atoms with Crippen molar-refractivity contribution in [2.75, 3.05) is 13.7 Å². The number of nitrogens with two attached hydrogens (primary N) is 3. The van der Waals surface area contributed by atoms with E-state index in [9.17, 15) is 0 Å². The molecule has 0 fully saturated rings. The van der Waals surface area contributed by atoms with Crippen LogP contribution in [0.15, 0.2) is 4.99 Å². The molecule has 0 aliphatic heterocycles. The topological polar surface area (TPSA) is 93.7 Å². The third-order valence-corrected chi connectivity index (χ3v) is 0.476. The Morgan fingerprint density at radius 2 is 2.12 bits per heavy atom. The predicted molar refractivity (Wildman–Crippen MR) is 32.6 cm³/mol. The molecule has 8 heavy (non-hydrogen) atoms. The number of rotatable bonds is 2. The molecule has 0 saturated heterocycles. The van der Waals surface area contributed by atoms with Crippen molar-refractivity contribution in [2.24, 2.45) is 22.3 Å². The maximum atomic E-state index is 5.16. The van der Waals surface area contributed by atoms with Crippen molar-refractivity contribution in [3.05, 3.63) is 0 Å². The summed E-state index contributed by atoms with van der Waals surface area (Å²) < 4.78 is 0. The van der Waals surface area contributed by atoms with Gasteiger partial charge in [0.15, 0.2) is 5.96 Å². The summed E-state index contributed by atoms with van der Waals surface area (Å²) in [6.07, 6.45) is 0. The lowest BCUT2D eigenvalue weighted by molar-refractivity contribution is 0.362. The second-order valence-corrected chi connectivity index (χ2v) is 1.48. The van der Waals surface area contributed by atoms with Crippen molar-refractivity contribution in [1.82, 2.24) is 5.01 Å². The molecule has 0 aliphatic carbocycles. The van der Waals surface area contributed by atoms with Gasteiger partial charge in [0.2, 0.25) is 0 Å². The Labute approximate surface area is 48.1 Å². The second-order valence-electron chi connectivity index (χ2n) is 1.48. The van der Waals surface area contributed by atoms with Gasteiger partial charge in [0.05, 0.1) is 0 Å². The smallest absolute Gasteiger partial charge is 0.187 e. The Morgan fingerprint density at radius 1 is 1.62 bits per heavy atom. The molecule has 0 aromatic heterocycles. The molecule has 0 bridgehead atoms. The summed E-state index contributed by atoms with van der Waals surface area (Å²) in [7, 11) is 1.67. The number of hydrazine groups is 1. The molecule has 5 nitrogen and oxygen atoms in total. The standard InChI is InChI=1S/C3H11N5/c1-8(6)2-7-3(4)5/h2,6H2,1H3,(H4,4,5,7). The third kappa shape index (κ3) is 5.19. The van der Waals surface area contributed by atoms with E-state index in [2.05, 4.69) is 4.99 Å². The summed E-state index contributed by atoms with van der Waals surface area (Å²) in [4.78, 5) is 3.60. The van der Waals surface area contributed by atoms with Crippen LogP contribution in [0.2, 0.25) is 0 Å². The van der Waals surface area contributed by atoms with Crippen LogP contribution in [-0.2, 0) is 0 Å². The highest BCUT2D eigenvalue weighted by atomic mass is 15.4. The fourth-order valence-electron chi connectivity index (χ4n) is 0.193. The molecule has 6 N–H and O–H groups in total. The molecule has 0 heterocycles. The van der Waals surface area contributed by atoms with Crippen molar-refractivity contribution in [2.45, 2.75) is 0 Å².